The highest BCUT2D eigenvalue weighted by atomic mass is 16.6. The zero-order chi connectivity index (χ0) is 9.42. The van der Waals surface area contributed by atoms with E-state index in [0.29, 0.717) is 6.10 Å². The molecule has 0 radical (unpaired) electrons. The van der Waals surface area contributed by atoms with Crippen molar-refractivity contribution in [2.24, 2.45) is 0 Å². The van der Waals surface area contributed by atoms with E-state index in [-0.39, 0.29) is 0 Å². The first kappa shape index (κ1) is 8.75. The van der Waals surface area contributed by atoms with Gasteiger partial charge in [0, 0.05) is 18.7 Å². The third-order valence-corrected chi connectivity index (χ3v) is 2.67. The van der Waals surface area contributed by atoms with Crippen molar-refractivity contribution >= 4 is 0 Å². The fourth-order valence-corrected chi connectivity index (χ4v) is 1.75. The van der Waals surface area contributed by atoms with Gasteiger partial charge in [-0.2, -0.15) is 5.10 Å². The van der Waals surface area contributed by atoms with Crippen LogP contribution in [0.4, 0.5) is 0 Å². The van der Waals surface area contributed by atoms with Gasteiger partial charge in [0.25, 0.3) is 0 Å². The summed E-state index contributed by atoms with van der Waals surface area (Å²) in [5, 5.41) is 4.47. The largest absolute Gasteiger partial charge is 0.373 e. The zero-order valence-corrected chi connectivity index (χ0v) is 8.50. The van der Waals surface area contributed by atoms with Gasteiger partial charge in [-0.3, -0.25) is 4.68 Å². The Hall–Kier alpha value is -0.830. The smallest absolute Gasteiger partial charge is 0.0851 e. The fraction of sp³-hybridized carbons (Fsp3) is 0.700. The van der Waals surface area contributed by atoms with Crippen LogP contribution in [0.3, 0.4) is 0 Å². The molecule has 0 spiro atoms. The molecule has 1 fully saturated rings. The number of nitrogens with zero attached hydrogens (tertiary/aromatic N) is 2. The molecule has 13 heavy (non-hydrogen) atoms. The predicted octanol–water partition coefficient (Wildman–Crippen LogP) is 1.46. The van der Waals surface area contributed by atoms with Gasteiger partial charge in [-0.1, -0.05) is 0 Å². The second kappa shape index (κ2) is 3.14. The molecule has 1 atom stereocenters. The van der Waals surface area contributed by atoms with Gasteiger partial charge < -0.3 is 4.74 Å². The molecule has 0 aliphatic carbocycles. The molecule has 1 aromatic heterocycles. The number of epoxide rings is 1. The summed E-state index contributed by atoms with van der Waals surface area (Å²) in [6.07, 6.45) is 1.50. The highest BCUT2D eigenvalue weighted by Gasteiger charge is 2.25. The van der Waals surface area contributed by atoms with E-state index in [9.17, 15) is 0 Å². The summed E-state index contributed by atoms with van der Waals surface area (Å²) >= 11 is 0. The Kier molecular flexibility index (Phi) is 2.12. The number of hydrogen-bond donors (Lipinski definition) is 0. The summed E-state index contributed by atoms with van der Waals surface area (Å²) < 4.78 is 7.29. The van der Waals surface area contributed by atoms with E-state index in [1.54, 1.807) is 0 Å². The Morgan fingerprint density at radius 3 is 2.69 bits per heavy atom. The number of hydrogen-bond acceptors (Lipinski definition) is 2. The van der Waals surface area contributed by atoms with Crippen LogP contribution in [-0.4, -0.2) is 22.5 Å². The Balaban J connectivity index is 2.25. The molecule has 1 aliphatic heterocycles. The second-order valence-electron chi connectivity index (χ2n) is 3.62. The Labute approximate surface area is 78.7 Å². The lowest BCUT2D eigenvalue weighted by molar-refractivity contribution is 0.407. The molecule has 1 saturated heterocycles. The van der Waals surface area contributed by atoms with Crippen LogP contribution in [0.25, 0.3) is 0 Å². The lowest BCUT2D eigenvalue weighted by atomic mass is 10.1. The van der Waals surface area contributed by atoms with Crippen molar-refractivity contribution in [1.82, 2.24) is 9.78 Å². The lowest BCUT2D eigenvalue weighted by Crippen LogP contribution is -2.00. The van der Waals surface area contributed by atoms with Gasteiger partial charge in [0.15, 0.2) is 0 Å². The zero-order valence-electron chi connectivity index (χ0n) is 8.50. The number of ether oxygens (including phenoxy) is 1. The maximum absolute atomic E-state index is 5.23. The summed E-state index contributed by atoms with van der Waals surface area (Å²) in [4.78, 5) is 0. The van der Waals surface area contributed by atoms with Crippen molar-refractivity contribution < 1.29 is 4.74 Å². The normalized spacial score (nSPS) is 20.7. The number of aromatic nitrogens is 2. The van der Waals surface area contributed by atoms with Crippen molar-refractivity contribution in [3.8, 4) is 0 Å². The van der Waals surface area contributed by atoms with Crippen molar-refractivity contribution in [1.29, 1.82) is 0 Å². The molecule has 0 saturated carbocycles. The van der Waals surface area contributed by atoms with Crippen LogP contribution in [0.2, 0.25) is 0 Å². The Bertz CT molecular complexity index is 313. The minimum absolute atomic E-state index is 0.465. The van der Waals surface area contributed by atoms with E-state index in [1.807, 2.05) is 0 Å². The quantitative estimate of drug-likeness (QED) is 0.659. The Morgan fingerprint density at radius 1 is 1.54 bits per heavy atom. The molecule has 0 N–H and O–H groups in total. The van der Waals surface area contributed by atoms with Gasteiger partial charge in [0.05, 0.1) is 18.4 Å². The summed E-state index contributed by atoms with van der Waals surface area (Å²) in [7, 11) is 0. The number of aryl methyl sites for hydroxylation is 2. The minimum atomic E-state index is 0.465. The molecule has 0 amide bonds. The highest BCUT2D eigenvalue weighted by Crippen LogP contribution is 2.21. The van der Waals surface area contributed by atoms with Crippen LogP contribution >= 0.6 is 0 Å². The molecule has 3 nitrogen and oxygen atoms in total. The molecule has 1 aliphatic rings. The van der Waals surface area contributed by atoms with E-state index in [1.165, 1.54) is 11.3 Å². The molecule has 72 valence electrons. The van der Waals surface area contributed by atoms with E-state index in [2.05, 4.69) is 30.6 Å². The van der Waals surface area contributed by atoms with Crippen LogP contribution in [-0.2, 0) is 17.7 Å². The van der Waals surface area contributed by atoms with E-state index in [4.69, 9.17) is 4.74 Å². The fourth-order valence-electron chi connectivity index (χ4n) is 1.75. The summed E-state index contributed by atoms with van der Waals surface area (Å²) in [5.41, 5.74) is 3.84. The van der Waals surface area contributed by atoms with E-state index < -0.39 is 0 Å². The average Bonchev–Trinajstić information content (AvgIpc) is 2.87. The predicted molar refractivity (Wildman–Crippen MR) is 50.8 cm³/mol. The third-order valence-electron chi connectivity index (χ3n) is 2.67. The average molecular weight is 180 g/mol. The Morgan fingerprint density at radius 2 is 2.23 bits per heavy atom. The first-order chi connectivity index (χ1) is 6.22. The highest BCUT2D eigenvalue weighted by molar-refractivity contribution is 5.25. The van der Waals surface area contributed by atoms with Gasteiger partial charge in [-0.05, 0) is 26.3 Å². The van der Waals surface area contributed by atoms with Crippen LogP contribution in [0.15, 0.2) is 0 Å². The van der Waals surface area contributed by atoms with Crippen molar-refractivity contribution in [3.63, 3.8) is 0 Å². The van der Waals surface area contributed by atoms with E-state index >= 15 is 0 Å². The molecule has 0 bridgehead atoms. The van der Waals surface area contributed by atoms with Crippen LogP contribution in [0, 0.1) is 13.8 Å². The van der Waals surface area contributed by atoms with Crippen LogP contribution in [0.1, 0.15) is 23.9 Å². The van der Waals surface area contributed by atoms with Gasteiger partial charge in [-0.15, -0.1) is 0 Å². The monoisotopic (exact) mass is 180 g/mol. The number of rotatable bonds is 3. The van der Waals surface area contributed by atoms with Crippen molar-refractivity contribution in [2.45, 2.75) is 39.8 Å². The van der Waals surface area contributed by atoms with Gasteiger partial charge in [0.1, 0.15) is 0 Å². The van der Waals surface area contributed by atoms with Crippen molar-refractivity contribution in [2.75, 3.05) is 6.61 Å². The summed E-state index contributed by atoms with van der Waals surface area (Å²) in [5.74, 6) is 0. The molecule has 1 unspecified atom stereocenters. The van der Waals surface area contributed by atoms with Crippen LogP contribution < -0.4 is 0 Å². The first-order valence-electron chi connectivity index (χ1n) is 4.86. The maximum Gasteiger partial charge on any atom is 0.0851 e. The molecule has 0 aromatic carbocycles. The van der Waals surface area contributed by atoms with Gasteiger partial charge in [0.2, 0.25) is 0 Å². The molecular formula is C10H16N2O. The molecule has 3 heteroatoms. The topological polar surface area (TPSA) is 30.4 Å². The summed E-state index contributed by atoms with van der Waals surface area (Å²) in [6, 6.07) is 0. The van der Waals surface area contributed by atoms with E-state index in [0.717, 1.165) is 25.3 Å². The van der Waals surface area contributed by atoms with Crippen LogP contribution in [0.5, 0.6) is 0 Å². The van der Waals surface area contributed by atoms with Gasteiger partial charge in [-0.25, -0.2) is 0 Å². The molecule has 2 heterocycles. The maximum atomic E-state index is 5.23. The first-order valence-corrected chi connectivity index (χ1v) is 4.86. The minimum Gasteiger partial charge on any atom is -0.373 e. The summed E-state index contributed by atoms with van der Waals surface area (Å²) in [6.45, 7) is 8.23. The SMILES string of the molecule is CCn1nc(C)c(CC2CO2)c1C. The third kappa shape index (κ3) is 1.61. The van der Waals surface area contributed by atoms with Gasteiger partial charge >= 0.3 is 0 Å². The second-order valence-corrected chi connectivity index (χ2v) is 3.62. The standard InChI is InChI=1S/C10H16N2O/c1-4-12-8(3)10(7(2)11-12)5-9-6-13-9/h9H,4-6H2,1-3H3. The molecule has 1 aromatic rings. The van der Waals surface area contributed by atoms with Crippen molar-refractivity contribution in [3.05, 3.63) is 17.0 Å². The lowest BCUT2D eigenvalue weighted by Gasteiger charge is -2.00. The molecular weight excluding hydrogens is 164 g/mol. The molecule has 2 rings (SSSR count).